The molecule has 0 amide bonds. The first-order valence-electron chi connectivity index (χ1n) is 8.13. The van der Waals surface area contributed by atoms with Crippen molar-refractivity contribution in [1.82, 2.24) is 9.71 Å². The van der Waals surface area contributed by atoms with Crippen molar-refractivity contribution >= 4 is 56.3 Å². The van der Waals surface area contributed by atoms with Crippen LogP contribution < -0.4 is 9.41 Å². The number of H-pyrrole nitrogens is 2. The van der Waals surface area contributed by atoms with E-state index in [4.69, 9.17) is 23.2 Å². The van der Waals surface area contributed by atoms with Crippen molar-refractivity contribution in [2.75, 3.05) is 0 Å². The third kappa shape index (κ3) is 2.31. The molecule has 3 aromatic carbocycles. The van der Waals surface area contributed by atoms with Gasteiger partial charge in [-0.15, -0.1) is 0 Å². The zero-order valence-corrected chi connectivity index (χ0v) is 15.2. The van der Waals surface area contributed by atoms with Crippen molar-refractivity contribution in [3.8, 4) is 11.4 Å². The van der Waals surface area contributed by atoms with Gasteiger partial charge in [0.15, 0.2) is 22.1 Å². The van der Waals surface area contributed by atoms with Crippen LogP contribution in [0.4, 0.5) is 0 Å². The molecule has 0 bridgehead atoms. The van der Waals surface area contributed by atoms with E-state index in [-0.39, 0.29) is 0 Å². The smallest absolute Gasteiger partial charge is 0.295 e. The number of aromatic nitrogens is 4. The molecule has 0 fully saturated rings. The van der Waals surface area contributed by atoms with Crippen molar-refractivity contribution in [3.63, 3.8) is 0 Å². The van der Waals surface area contributed by atoms with E-state index in [1.165, 1.54) is 0 Å². The molecule has 0 aliphatic carbocycles. The van der Waals surface area contributed by atoms with Gasteiger partial charge in [-0.25, -0.2) is 9.97 Å². The van der Waals surface area contributed by atoms with Gasteiger partial charge in [0.05, 0.1) is 20.5 Å². The number of nitrogens with one attached hydrogen (secondary N) is 2. The van der Waals surface area contributed by atoms with Gasteiger partial charge in [-0.05, 0) is 18.2 Å². The first kappa shape index (κ1) is 16.1. The Balaban J connectivity index is 1.88. The molecule has 0 unspecified atom stereocenters. The fourth-order valence-electron chi connectivity index (χ4n) is 3.35. The zero-order valence-electron chi connectivity index (χ0n) is 13.7. The van der Waals surface area contributed by atoms with Crippen molar-refractivity contribution in [3.05, 3.63) is 69.5 Å². The minimum Gasteiger partial charge on any atom is -0.427 e. The summed E-state index contributed by atoms with van der Waals surface area (Å²) in [6.07, 6.45) is 0. The molecule has 2 aromatic heterocycles. The highest BCUT2D eigenvalue weighted by Gasteiger charge is 2.24. The molecule has 8 heteroatoms. The summed E-state index contributed by atoms with van der Waals surface area (Å²) in [5, 5.41) is 11.6. The molecule has 0 radical (unpaired) electrons. The van der Waals surface area contributed by atoms with Crippen molar-refractivity contribution < 1.29 is 14.6 Å². The van der Waals surface area contributed by atoms with E-state index in [1.54, 1.807) is 54.6 Å². The largest absolute Gasteiger partial charge is 0.427 e. The van der Waals surface area contributed by atoms with Gasteiger partial charge in [-0.1, -0.05) is 41.4 Å². The molecule has 3 N–H and O–H groups in total. The Morgan fingerprint density at radius 3 is 2.48 bits per heavy atom. The molecule has 5 rings (SSSR count). The van der Waals surface area contributed by atoms with Crippen molar-refractivity contribution in [2.24, 2.45) is 0 Å². The maximum absolute atomic E-state index is 12.8. The molecule has 0 saturated carbocycles. The number of nitrogens with zero attached hydrogens (tertiary/aromatic N) is 2. The van der Waals surface area contributed by atoms with Crippen LogP contribution in [0.3, 0.4) is 0 Å². The number of imidazole rings is 1. The lowest BCUT2D eigenvalue weighted by molar-refractivity contribution is -0.433. The molecule has 27 heavy (non-hydrogen) atoms. The van der Waals surface area contributed by atoms with Gasteiger partial charge in [0, 0.05) is 17.0 Å². The predicted molar refractivity (Wildman–Crippen MR) is 104 cm³/mol. The highest BCUT2D eigenvalue weighted by molar-refractivity contribution is 6.38. The molecule has 0 atom stereocenters. The topological polar surface area (TPSA) is 78.1 Å². The van der Waals surface area contributed by atoms with Crippen LogP contribution in [0.2, 0.25) is 10.0 Å². The molecule has 6 nitrogen and oxygen atoms in total. The lowest BCUT2D eigenvalue weighted by Crippen LogP contribution is -2.20. The monoisotopic (exact) mass is 398 g/mol. The second kappa shape index (κ2) is 5.70. The van der Waals surface area contributed by atoms with Gasteiger partial charge in [0.2, 0.25) is 0 Å². The molecule has 2 heterocycles. The van der Waals surface area contributed by atoms with Gasteiger partial charge in [-0.3, -0.25) is 0 Å². The maximum atomic E-state index is 12.8. The van der Waals surface area contributed by atoms with Crippen molar-refractivity contribution in [1.29, 1.82) is 0 Å². The normalized spacial score (nSPS) is 11.6. The number of hydrogen-bond acceptors (Lipinski definition) is 2. The second-order valence-corrected chi connectivity index (χ2v) is 7.02. The summed E-state index contributed by atoms with van der Waals surface area (Å²) in [6.45, 7) is 0. The van der Waals surface area contributed by atoms with Crippen LogP contribution >= 0.6 is 23.2 Å². The van der Waals surface area contributed by atoms with Crippen molar-refractivity contribution in [2.45, 2.75) is 0 Å². The first-order valence-corrected chi connectivity index (χ1v) is 8.89. The molecule has 0 spiro atoms. The van der Waals surface area contributed by atoms with Gasteiger partial charge in [0.1, 0.15) is 5.56 Å². The van der Waals surface area contributed by atoms with E-state index in [0.29, 0.717) is 54.5 Å². The molecule has 0 saturated heterocycles. The highest BCUT2D eigenvalue weighted by Crippen LogP contribution is 2.32. The van der Waals surface area contributed by atoms with Gasteiger partial charge < -0.3 is 5.21 Å². The van der Waals surface area contributed by atoms with Gasteiger partial charge in [0.25, 0.3) is 16.9 Å². The number of hydrogen-bond donors (Lipinski definition) is 2. The molecule has 5 aromatic rings. The molecule has 0 aliphatic rings. The van der Waals surface area contributed by atoms with E-state index in [0.717, 1.165) is 9.16 Å². The lowest BCUT2D eigenvalue weighted by Gasteiger charge is -2.01. The molecular formula is C19H12Cl2N4O2+2. The zero-order chi connectivity index (χ0) is 18.7. The first-order chi connectivity index (χ1) is 13.0. The predicted octanol–water partition coefficient (Wildman–Crippen LogP) is 4.22. The van der Waals surface area contributed by atoms with Crippen LogP contribution in [0.1, 0.15) is 0 Å². The number of aromatic amines is 2. The lowest BCUT2D eigenvalue weighted by atomic mass is 10.2. The Morgan fingerprint density at radius 2 is 1.70 bits per heavy atom. The minimum atomic E-state index is 0.329. The Labute approximate surface area is 161 Å². The number of rotatable bonds is 1. The van der Waals surface area contributed by atoms with E-state index in [9.17, 15) is 10.1 Å². The summed E-state index contributed by atoms with van der Waals surface area (Å²) >= 11 is 12.6. The van der Waals surface area contributed by atoms with E-state index in [2.05, 4.69) is 9.97 Å². The van der Waals surface area contributed by atoms with E-state index >= 15 is 0 Å². The Morgan fingerprint density at radius 1 is 0.963 bits per heavy atom. The van der Waals surface area contributed by atoms with E-state index < -0.39 is 0 Å². The third-order valence-corrected chi connectivity index (χ3v) is 5.25. The molecular weight excluding hydrogens is 387 g/mol. The quantitative estimate of drug-likeness (QED) is 0.252. The van der Waals surface area contributed by atoms with Gasteiger partial charge >= 0.3 is 0 Å². The number of fused-ring (bicyclic) bond motifs is 3. The summed E-state index contributed by atoms with van der Waals surface area (Å²) in [4.78, 5) is 19.2. The number of para-hydroxylation sites is 2. The Bertz CT molecular complexity index is 1420. The SMILES string of the molecule is O=[n+]1c2ccccc2n(O)c2cc3[nH]c(-c4c(Cl)cccc4Cl)[nH+]c3cc21. The summed E-state index contributed by atoms with van der Waals surface area (Å²) < 4.78 is 1.82. The fourth-order valence-corrected chi connectivity index (χ4v) is 3.94. The number of benzene rings is 3. The summed E-state index contributed by atoms with van der Waals surface area (Å²) in [6, 6.07) is 15.5. The maximum Gasteiger partial charge on any atom is 0.295 e. The van der Waals surface area contributed by atoms with Crippen LogP contribution in [0.15, 0.2) is 54.6 Å². The standard InChI is InChI=1S/C19H11Cl2N4O2/c20-10-4-3-5-11(21)18(10)19-22-12-8-16-17(9-13(12)23-19)25(27)15-7-2-1-6-14(15)24(16)26/h1-9,26H,(H,22,23)/q+1/p+1. The van der Waals surface area contributed by atoms with Crippen LogP contribution in [0.25, 0.3) is 44.5 Å². The van der Waals surface area contributed by atoms with Crippen LogP contribution in [0, 0.1) is 4.91 Å². The Kier molecular flexibility index (Phi) is 3.40. The minimum absolute atomic E-state index is 0.329. The fraction of sp³-hybridized carbons (Fsp3) is 0. The highest BCUT2D eigenvalue weighted by atomic mass is 35.5. The average molecular weight is 399 g/mol. The molecule has 0 aliphatic heterocycles. The average Bonchev–Trinajstić information content (AvgIpc) is 3.07. The summed E-state index contributed by atoms with van der Waals surface area (Å²) in [5.74, 6) is 0.613. The number of halogens is 2. The van der Waals surface area contributed by atoms with Crippen LogP contribution in [-0.2, 0) is 0 Å². The molecule has 132 valence electrons. The Hall–Kier alpha value is -3.09. The summed E-state index contributed by atoms with van der Waals surface area (Å²) in [5.41, 5.74) is 3.53. The van der Waals surface area contributed by atoms with Gasteiger partial charge in [-0.2, -0.15) is 4.73 Å². The van der Waals surface area contributed by atoms with Crippen LogP contribution in [0.5, 0.6) is 0 Å². The van der Waals surface area contributed by atoms with Crippen LogP contribution in [-0.4, -0.2) is 14.9 Å². The van der Waals surface area contributed by atoms with E-state index in [1.807, 2.05) is 0 Å². The summed E-state index contributed by atoms with van der Waals surface area (Å²) in [7, 11) is 0. The second-order valence-electron chi connectivity index (χ2n) is 6.20. The third-order valence-electron chi connectivity index (χ3n) is 4.62.